The van der Waals surface area contributed by atoms with E-state index in [1.54, 1.807) is 25.3 Å². The maximum atomic E-state index is 11.9. The summed E-state index contributed by atoms with van der Waals surface area (Å²) in [5.41, 5.74) is 2.68. The van der Waals surface area contributed by atoms with Gasteiger partial charge >= 0.3 is 0 Å². The van der Waals surface area contributed by atoms with Gasteiger partial charge in [-0.25, -0.2) is 13.9 Å². The predicted octanol–water partition coefficient (Wildman–Crippen LogP) is 1.59. The van der Waals surface area contributed by atoms with E-state index in [0.29, 0.717) is 17.2 Å². The van der Waals surface area contributed by atoms with E-state index < -0.39 is 20.5 Å². The molecule has 2 aromatic rings. The lowest BCUT2D eigenvalue weighted by Crippen LogP contribution is -2.49. The van der Waals surface area contributed by atoms with Crippen LogP contribution in [-0.2, 0) is 21.1 Å². The summed E-state index contributed by atoms with van der Waals surface area (Å²) in [4.78, 5) is 11.8. The number of nitrogens with zero attached hydrogens (tertiary/aromatic N) is 1. The average molecular weight is 368 g/mol. The molecule has 1 aromatic heterocycles. The molecule has 0 aliphatic carbocycles. The zero-order chi connectivity index (χ0) is 18.7. The molecule has 0 spiro atoms. The molecule has 25 heavy (non-hydrogen) atoms. The van der Waals surface area contributed by atoms with Crippen molar-refractivity contribution in [1.82, 2.24) is 10.6 Å². The Balaban J connectivity index is 2.19. The number of amides is 1. The van der Waals surface area contributed by atoms with Crippen LogP contribution < -0.4 is 10.2 Å². The van der Waals surface area contributed by atoms with Gasteiger partial charge in [-0.05, 0) is 31.9 Å². The van der Waals surface area contributed by atoms with Crippen LogP contribution in [0.4, 0.5) is 0 Å². The standard InChI is InChI=1S/C16H20N2O6S/c1-16(15(19)17-20,25(3,21)22)8-7-12-10-14(24-18-12)11-5-4-6-13(9-11)23-2/h4-6,9-10,20H,7-8H2,1-3H3,(H,17,19). The fourth-order valence-electron chi connectivity index (χ4n) is 2.29. The Hall–Kier alpha value is -2.39. The Labute approximate surface area is 145 Å². The van der Waals surface area contributed by atoms with Gasteiger partial charge in [-0.15, -0.1) is 0 Å². The molecule has 1 aromatic carbocycles. The number of carbonyl (C=O) groups is 1. The molecule has 2 rings (SSSR count). The van der Waals surface area contributed by atoms with Crippen molar-refractivity contribution in [3.8, 4) is 17.1 Å². The van der Waals surface area contributed by atoms with E-state index in [1.807, 2.05) is 12.1 Å². The Morgan fingerprint density at radius 1 is 1.40 bits per heavy atom. The van der Waals surface area contributed by atoms with Crippen LogP contribution in [0.2, 0.25) is 0 Å². The van der Waals surface area contributed by atoms with Gasteiger partial charge in [0, 0.05) is 17.9 Å². The second kappa shape index (κ2) is 7.24. The van der Waals surface area contributed by atoms with Crippen LogP contribution in [0.15, 0.2) is 34.9 Å². The number of benzene rings is 1. The van der Waals surface area contributed by atoms with Crippen molar-refractivity contribution in [3.05, 3.63) is 36.0 Å². The lowest BCUT2D eigenvalue weighted by Gasteiger charge is -2.24. The lowest BCUT2D eigenvalue weighted by atomic mass is 10.0. The van der Waals surface area contributed by atoms with Crippen molar-refractivity contribution in [3.63, 3.8) is 0 Å². The van der Waals surface area contributed by atoms with Gasteiger partial charge in [0.25, 0.3) is 5.91 Å². The number of hydroxylamine groups is 1. The largest absolute Gasteiger partial charge is 0.497 e. The number of hydrogen-bond acceptors (Lipinski definition) is 7. The summed E-state index contributed by atoms with van der Waals surface area (Å²) in [7, 11) is -2.19. The molecule has 0 bridgehead atoms. The van der Waals surface area contributed by atoms with Crippen LogP contribution in [0.3, 0.4) is 0 Å². The zero-order valence-electron chi connectivity index (χ0n) is 14.1. The van der Waals surface area contributed by atoms with Crippen molar-refractivity contribution in [1.29, 1.82) is 0 Å². The highest BCUT2D eigenvalue weighted by Gasteiger charge is 2.43. The van der Waals surface area contributed by atoms with Crippen LogP contribution in [0.5, 0.6) is 5.75 Å². The summed E-state index contributed by atoms with van der Waals surface area (Å²) in [6, 6.07) is 8.89. The number of aromatic nitrogens is 1. The summed E-state index contributed by atoms with van der Waals surface area (Å²) >= 11 is 0. The molecule has 1 amide bonds. The Kier molecular flexibility index (Phi) is 5.48. The fourth-order valence-corrected chi connectivity index (χ4v) is 3.15. The summed E-state index contributed by atoms with van der Waals surface area (Å²) in [5.74, 6) is 0.188. The van der Waals surface area contributed by atoms with Gasteiger partial charge in [-0.2, -0.15) is 0 Å². The van der Waals surface area contributed by atoms with Gasteiger partial charge in [-0.3, -0.25) is 10.0 Å². The zero-order valence-corrected chi connectivity index (χ0v) is 15.0. The van der Waals surface area contributed by atoms with Gasteiger partial charge in [0.05, 0.1) is 12.8 Å². The third-order valence-electron chi connectivity index (χ3n) is 4.17. The van der Waals surface area contributed by atoms with Crippen molar-refractivity contribution in [2.45, 2.75) is 24.5 Å². The Bertz CT molecular complexity index is 861. The molecule has 0 saturated carbocycles. The van der Waals surface area contributed by atoms with Crippen LogP contribution in [0, 0.1) is 0 Å². The third kappa shape index (κ3) is 3.99. The molecule has 0 fully saturated rings. The Morgan fingerprint density at radius 2 is 2.12 bits per heavy atom. The van der Waals surface area contributed by atoms with Crippen molar-refractivity contribution in [2.24, 2.45) is 0 Å². The molecule has 8 nitrogen and oxygen atoms in total. The van der Waals surface area contributed by atoms with Crippen LogP contribution in [0.25, 0.3) is 11.3 Å². The topological polar surface area (TPSA) is 119 Å². The molecule has 0 radical (unpaired) electrons. The number of hydrogen-bond donors (Lipinski definition) is 2. The van der Waals surface area contributed by atoms with Gasteiger partial charge in [-0.1, -0.05) is 17.3 Å². The first-order valence-corrected chi connectivity index (χ1v) is 9.34. The van der Waals surface area contributed by atoms with E-state index >= 15 is 0 Å². The maximum Gasteiger partial charge on any atom is 0.264 e. The first-order valence-electron chi connectivity index (χ1n) is 7.45. The summed E-state index contributed by atoms with van der Waals surface area (Å²) in [5, 5.41) is 12.7. The minimum absolute atomic E-state index is 0.0533. The van der Waals surface area contributed by atoms with E-state index in [-0.39, 0.29) is 12.8 Å². The smallest absolute Gasteiger partial charge is 0.264 e. The van der Waals surface area contributed by atoms with Gasteiger partial charge in [0.15, 0.2) is 15.6 Å². The minimum atomic E-state index is -3.75. The maximum absolute atomic E-state index is 11.9. The molecule has 0 aliphatic heterocycles. The Morgan fingerprint density at radius 3 is 2.72 bits per heavy atom. The van der Waals surface area contributed by atoms with E-state index in [0.717, 1.165) is 11.8 Å². The number of nitrogens with one attached hydrogen (secondary N) is 1. The summed E-state index contributed by atoms with van der Waals surface area (Å²) in [6.07, 6.45) is 1.08. The molecule has 0 aliphatic rings. The number of aryl methyl sites for hydroxylation is 1. The first kappa shape index (κ1) is 18.9. The molecule has 0 saturated heterocycles. The molecule has 1 heterocycles. The fraction of sp³-hybridized carbons (Fsp3) is 0.375. The number of carbonyl (C=O) groups excluding carboxylic acids is 1. The quantitative estimate of drug-likeness (QED) is 0.563. The summed E-state index contributed by atoms with van der Waals surface area (Å²) < 4.78 is 32.6. The molecule has 2 N–H and O–H groups in total. The highest BCUT2D eigenvalue weighted by atomic mass is 32.2. The van der Waals surface area contributed by atoms with Crippen molar-refractivity contribution < 1.29 is 27.7 Å². The SMILES string of the molecule is COc1cccc(-c2cc(CCC(C)(C(=O)NO)S(C)(=O)=O)no2)c1. The van der Waals surface area contributed by atoms with Gasteiger partial charge in [0.2, 0.25) is 0 Å². The molecule has 1 unspecified atom stereocenters. The number of ether oxygens (including phenoxy) is 1. The second-order valence-electron chi connectivity index (χ2n) is 5.86. The number of sulfone groups is 1. The van der Waals surface area contributed by atoms with Crippen LogP contribution in [0.1, 0.15) is 19.0 Å². The van der Waals surface area contributed by atoms with Gasteiger partial charge < -0.3 is 9.26 Å². The first-order chi connectivity index (χ1) is 11.7. The second-order valence-corrected chi connectivity index (χ2v) is 8.30. The summed E-state index contributed by atoms with van der Waals surface area (Å²) in [6.45, 7) is 1.26. The highest BCUT2D eigenvalue weighted by Crippen LogP contribution is 2.27. The predicted molar refractivity (Wildman–Crippen MR) is 90.0 cm³/mol. The third-order valence-corrected chi connectivity index (χ3v) is 6.20. The van der Waals surface area contributed by atoms with E-state index in [9.17, 15) is 13.2 Å². The molecular weight excluding hydrogens is 348 g/mol. The number of methoxy groups -OCH3 is 1. The van der Waals surface area contributed by atoms with E-state index in [4.69, 9.17) is 14.5 Å². The molecule has 136 valence electrons. The van der Waals surface area contributed by atoms with Gasteiger partial charge in [0.1, 0.15) is 10.5 Å². The highest BCUT2D eigenvalue weighted by molar-refractivity contribution is 7.92. The molecular formula is C16H20N2O6S. The molecule has 1 atom stereocenters. The van der Waals surface area contributed by atoms with E-state index in [1.165, 1.54) is 12.4 Å². The van der Waals surface area contributed by atoms with Crippen LogP contribution >= 0.6 is 0 Å². The van der Waals surface area contributed by atoms with E-state index in [2.05, 4.69) is 5.16 Å². The average Bonchev–Trinajstić information content (AvgIpc) is 3.07. The van der Waals surface area contributed by atoms with Crippen LogP contribution in [-0.4, -0.2) is 42.8 Å². The molecule has 9 heteroatoms. The monoisotopic (exact) mass is 368 g/mol. The lowest BCUT2D eigenvalue weighted by molar-refractivity contribution is -0.131. The van der Waals surface area contributed by atoms with Crippen molar-refractivity contribution >= 4 is 15.7 Å². The minimum Gasteiger partial charge on any atom is -0.497 e. The normalized spacial score (nSPS) is 13.9. The number of rotatable bonds is 7. The van der Waals surface area contributed by atoms with Crippen molar-refractivity contribution in [2.75, 3.05) is 13.4 Å².